The Morgan fingerprint density at radius 3 is 2.40 bits per heavy atom. The molecule has 0 aliphatic carbocycles. The fourth-order valence-corrected chi connectivity index (χ4v) is 1.93. The van der Waals surface area contributed by atoms with Crippen LogP contribution in [0.15, 0.2) is 18.2 Å². The van der Waals surface area contributed by atoms with Gasteiger partial charge in [0.05, 0.1) is 5.52 Å². The lowest BCUT2D eigenvalue weighted by molar-refractivity contribution is 1.27. The molecule has 0 radical (unpaired) electrons. The molecule has 0 spiro atoms. The van der Waals surface area contributed by atoms with Crippen molar-refractivity contribution in [2.75, 3.05) is 0 Å². The average Bonchev–Trinajstić information content (AvgIpc) is 2.23. The number of nitrogens with zero attached hydrogens (tertiary/aromatic N) is 2. The second-order valence-corrected chi connectivity index (χ2v) is 3.86. The Balaban J connectivity index is 2.98. The third kappa shape index (κ3) is 1.46. The minimum absolute atomic E-state index is 0.494. The highest BCUT2D eigenvalue weighted by Gasteiger charge is 2.06. The molecule has 0 unspecified atom stereocenters. The first-order valence-corrected chi connectivity index (χ1v) is 4.91. The fraction of sp³-hybridized carbons (Fsp3) is 0.231. The maximum Gasteiger partial charge on any atom is 0.141 e. The van der Waals surface area contributed by atoms with Gasteiger partial charge in [-0.3, -0.25) is 0 Å². The van der Waals surface area contributed by atoms with Gasteiger partial charge in [-0.05, 0) is 43.5 Å². The number of aromatic nitrogens is 1. The number of hydrogen-bond acceptors (Lipinski definition) is 2. The Labute approximate surface area is 89.2 Å². The Morgan fingerprint density at radius 1 is 1.07 bits per heavy atom. The van der Waals surface area contributed by atoms with Crippen molar-refractivity contribution in [2.45, 2.75) is 20.8 Å². The van der Waals surface area contributed by atoms with E-state index < -0.39 is 0 Å². The van der Waals surface area contributed by atoms with E-state index in [1.165, 1.54) is 10.9 Å². The Hall–Kier alpha value is -1.88. The van der Waals surface area contributed by atoms with Crippen LogP contribution in [0.3, 0.4) is 0 Å². The van der Waals surface area contributed by atoms with Crippen LogP contribution in [0.4, 0.5) is 0 Å². The predicted molar refractivity (Wildman–Crippen MR) is 60.7 cm³/mol. The molecule has 1 aromatic heterocycles. The summed E-state index contributed by atoms with van der Waals surface area (Å²) in [7, 11) is 0. The second kappa shape index (κ2) is 3.36. The van der Waals surface area contributed by atoms with Gasteiger partial charge < -0.3 is 0 Å². The van der Waals surface area contributed by atoms with Crippen molar-refractivity contribution in [3.05, 3.63) is 40.6 Å². The molecule has 2 aromatic rings. The first-order chi connectivity index (χ1) is 7.13. The van der Waals surface area contributed by atoms with Gasteiger partial charge in [-0.1, -0.05) is 12.1 Å². The van der Waals surface area contributed by atoms with Gasteiger partial charge in [-0.15, -0.1) is 0 Å². The zero-order chi connectivity index (χ0) is 11.0. The largest absolute Gasteiger partial charge is 0.237 e. The first-order valence-electron chi connectivity index (χ1n) is 4.91. The summed E-state index contributed by atoms with van der Waals surface area (Å²) in [5, 5.41) is 10.0. The van der Waals surface area contributed by atoms with Gasteiger partial charge in [0.15, 0.2) is 0 Å². The molecule has 0 aliphatic heterocycles. The predicted octanol–water partition coefficient (Wildman–Crippen LogP) is 3.03. The lowest BCUT2D eigenvalue weighted by Crippen LogP contribution is -1.93. The van der Waals surface area contributed by atoms with E-state index in [2.05, 4.69) is 24.0 Å². The number of nitriles is 1. The van der Waals surface area contributed by atoms with Crippen LogP contribution in [-0.4, -0.2) is 4.98 Å². The molecule has 1 heterocycles. The van der Waals surface area contributed by atoms with Crippen LogP contribution in [-0.2, 0) is 0 Å². The van der Waals surface area contributed by atoms with E-state index in [9.17, 15) is 0 Å². The van der Waals surface area contributed by atoms with Crippen molar-refractivity contribution in [1.29, 1.82) is 5.26 Å². The smallest absolute Gasteiger partial charge is 0.141 e. The molecule has 15 heavy (non-hydrogen) atoms. The van der Waals surface area contributed by atoms with E-state index >= 15 is 0 Å². The minimum Gasteiger partial charge on any atom is -0.237 e. The number of rotatable bonds is 0. The molecular formula is C13H12N2. The molecule has 2 rings (SSSR count). The molecule has 0 amide bonds. The van der Waals surface area contributed by atoms with E-state index in [1.807, 2.05) is 26.0 Å². The summed E-state index contributed by atoms with van der Waals surface area (Å²) in [5.41, 5.74) is 4.90. The van der Waals surface area contributed by atoms with E-state index in [-0.39, 0.29) is 0 Å². The van der Waals surface area contributed by atoms with Crippen molar-refractivity contribution in [3.8, 4) is 6.07 Å². The van der Waals surface area contributed by atoms with Crippen molar-refractivity contribution in [1.82, 2.24) is 4.98 Å². The topological polar surface area (TPSA) is 36.7 Å². The van der Waals surface area contributed by atoms with Gasteiger partial charge in [-0.25, -0.2) is 4.98 Å². The average molecular weight is 196 g/mol. The van der Waals surface area contributed by atoms with Crippen LogP contribution in [0, 0.1) is 32.1 Å². The number of fused-ring (bicyclic) bond motifs is 1. The lowest BCUT2D eigenvalue weighted by atomic mass is 10.0. The quantitative estimate of drug-likeness (QED) is 0.649. The van der Waals surface area contributed by atoms with Gasteiger partial charge in [0.25, 0.3) is 0 Å². The normalized spacial score (nSPS) is 10.3. The van der Waals surface area contributed by atoms with Gasteiger partial charge in [0.1, 0.15) is 11.8 Å². The number of pyridine rings is 1. The minimum atomic E-state index is 0.494. The maximum absolute atomic E-state index is 8.87. The molecule has 0 fully saturated rings. The van der Waals surface area contributed by atoms with Gasteiger partial charge in [-0.2, -0.15) is 5.26 Å². The van der Waals surface area contributed by atoms with E-state index in [0.717, 1.165) is 16.6 Å². The van der Waals surface area contributed by atoms with E-state index in [0.29, 0.717) is 5.69 Å². The summed E-state index contributed by atoms with van der Waals surface area (Å²) in [6, 6.07) is 8.08. The third-order valence-electron chi connectivity index (χ3n) is 2.68. The molecule has 2 nitrogen and oxygen atoms in total. The van der Waals surface area contributed by atoms with Gasteiger partial charge in [0, 0.05) is 5.39 Å². The molecule has 74 valence electrons. The van der Waals surface area contributed by atoms with Crippen LogP contribution in [0.25, 0.3) is 10.9 Å². The fourth-order valence-electron chi connectivity index (χ4n) is 1.93. The molecule has 0 aliphatic rings. The molecule has 0 atom stereocenters. The van der Waals surface area contributed by atoms with E-state index in [4.69, 9.17) is 5.26 Å². The van der Waals surface area contributed by atoms with Crippen molar-refractivity contribution in [3.63, 3.8) is 0 Å². The molecule has 0 N–H and O–H groups in total. The van der Waals surface area contributed by atoms with Crippen molar-refractivity contribution in [2.24, 2.45) is 0 Å². The summed E-state index contributed by atoms with van der Waals surface area (Å²) >= 11 is 0. The molecule has 2 heteroatoms. The molecule has 0 bridgehead atoms. The monoisotopic (exact) mass is 196 g/mol. The number of hydrogen-bond donors (Lipinski definition) is 0. The summed E-state index contributed by atoms with van der Waals surface area (Å²) in [5.74, 6) is 0. The van der Waals surface area contributed by atoms with E-state index in [1.54, 1.807) is 0 Å². The lowest BCUT2D eigenvalue weighted by Gasteiger charge is -2.08. The number of aryl methyl sites for hydroxylation is 3. The summed E-state index contributed by atoms with van der Waals surface area (Å²) in [6.45, 7) is 6.12. The van der Waals surface area contributed by atoms with Gasteiger partial charge in [0.2, 0.25) is 0 Å². The molecule has 0 saturated carbocycles. The molecule has 0 saturated heterocycles. The standard InChI is InChI=1S/C13H12N2/c1-8-4-5-9(2)13-12(8)10(3)6-11(7-14)15-13/h4-6H,1-3H3. The summed E-state index contributed by atoms with van der Waals surface area (Å²) in [4.78, 5) is 4.35. The second-order valence-electron chi connectivity index (χ2n) is 3.86. The Kier molecular flexibility index (Phi) is 2.17. The van der Waals surface area contributed by atoms with Crippen LogP contribution >= 0.6 is 0 Å². The van der Waals surface area contributed by atoms with Crippen LogP contribution in [0.2, 0.25) is 0 Å². The number of benzene rings is 1. The van der Waals surface area contributed by atoms with Gasteiger partial charge >= 0.3 is 0 Å². The zero-order valence-corrected chi connectivity index (χ0v) is 9.13. The zero-order valence-electron chi connectivity index (χ0n) is 9.13. The highest BCUT2D eigenvalue weighted by Crippen LogP contribution is 2.24. The van der Waals surface area contributed by atoms with Crippen LogP contribution in [0.1, 0.15) is 22.4 Å². The van der Waals surface area contributed by atoms with Crippen molar-refractivity contribution >= 4 is 10.9 Å². The summed E-state index contributed by atoms with van der Waals surface area (Å²) in [6.07, 6.45) is 0. The SMILES string of the molecule is Cc1ccc(C)c2c(C)cc(C#N)nc12. The van der Waals surface area contributed by atoms with Crippen LogP contribution < -0.4 is 0 Å². The molecule has 1 aromatic carbocycles. The highest BCUT2D eigenvalue weighted by atomic mass is 14.7. The van der Waals surface area contributed by atoms with Crippen LogP contribution in [0.5, 0.6) is 0 Å². The summed E-state index contributed by atoms with van der Waals surface area (Å²) < 4.78 is 0. The maximum atomic E-state index is 8.87. The third-order valence-corrected chi connectivity index (χ3v) is 2.68. The molecular weight excluding hydrogens is 184 g/mol. The first kappa shape index (κ1) is 9.67. The highest BCUT2D eigenvalue weighted by molar-refractivity contribution is 5.88. The Morgan fingerprint density at radius 2 is 1.73 bits per heavy atom. The van der Waals surface area contributed by atoms with Crippen molar-refractivity contribution < 1.29 is 0 Å². The Bertz CT molecular complexity index is 577.